The second-order valence-corrected chi connectivity index (χ2v) is 10.0. The zero-order chi connectivity index (χ0) is 24.5. The van der Waals surface area contributed by atoms with Crippen LogP contribution in [0.3, 0.4) is 0 Å². The van der Waals surface area contributed by atoms with Crippen LogP contribution in [-0.4, -0.2) is 39.1 Å². The number of benzene rings is 2. The van der Waals surface area contributed by atoms with E-state index in [4.69, 9.17) is 9.84 Å². The Balaban J connectivity index is 1.70. The monoisotopic (exact) mass is 460 g/mol. The number of aromatic nitrogens is 2. The summed E-state index contributed by atoms with van der Waals surface area (Å²) < 4.78 is 7.05. The van der Waals surface area contributed by atoms with Gasteiger partial charge in [0, 0.05) is 18.5 Å². The number of hydrogen-bond acceptors (Lipinski definition) is 4. The Kier molecular flexibility index (Phi) is 6.21. The Morgan fingerprint density at radius 1 is 1.09 bits per heavy atom. The summed E-state index contributed by atoms with van der Waals surface area (Å²) in [6.45, 7) is 8.93. The average molecular weight is 461 g/mol. The van der Waals surface area contributed by atoms with Gasteiger partial charge in [0.15, 0.2) is 0 Å². The van der Waals surface area contributed by atoms with Gasteiger partial charge in [-0.15, -0.1) is 0 Å². The maximum Gasteiger partial charge on any atom is 0.273 e. The van der Waals surface area contributed by atoms with Crippen molar-refractivity contribution < 1.29 is 14.3 Å². The molecule has 7 nitrogen and oxygen atoms in total. The number of nitrogens with one attached hydrogen (secondary N) is 1. The molecule has 0 aliphatic carbocycles. The molecule has 0 unspecified atom stereocenters. The molecule has 34 heavy (non-hydrogen) atoms. The molecule has 2 heterocycles. The van der Waals surface area contributed by atoms with Gasteiger partial charge in [-0.05, 0) is 36.2 Å². The summed E-state index contributed by atoms with van der Waals surface area (Å²) >= 11 is 0. The molecule has 1 aliphatic rings. The highest BCUT2D eigenvalue weighted by atomic mass is 16.5. The summed E-state index contributed by atoms with van der Waals surface area (Å²) in [6.07, 6.45) is 0. The smallest absolute Gasteiger partial charge is 0.273 e. The summed E-state index contributed by atoms with van der Waals surface area (Å²) in [7, 11) is 1.61. The normalized spacial score (nSPS) is 17.9. The van der Waals surface area contributed by atoms with E-state index in [1.807, 2.05) is 67.6 Å². The lowest BCUT2D eigenvalue weighted by atomic mass is 9.91. The number of rotatable bonds is 6. The number of carbonyl (C=O) groups excluding carboxylic acids is 2. The highest BCUT2D eigenvalue weighted by Crippen LogP contribution is 2.32. The lowest BCUT2D eigenvalue weighted by Crippen LogP contribution is -2.63. The highest BCUT2D eigenvalue weighted by Gasteiger charge is 2.48. The SMILES string of the molecule is COc1cccc(CN2C(=O)c3cc(C(C)(C)C)nn3C[C@]2(C)C(=O)NCc2ccccc2)c1. The van der Waals surface area contributed by atoms with Gasteiger partial charge in [0.2, 0.25) is 5.91 Å². The summed E-state index contributed by atoms with van der Waals surface area (Å²) in [6, 6.07) is 19.2. The minimum atomic E-state index is -1.12. The van der Waals surface area contributed by atoms with Crippen LogP contribution in [0.5, 0.6) is 5.75 Å². The first-order chi connectivity index (χ1) is 16.1. The quantitative estimate of drug-likeness (QED) is 0.605. The molecule has 0 saturated carbocycles. The number of ether oxygens (including phenoxy) is 1. The predicted molar refractivity (Wildman–Crippen MR) is 130 cm³/mol. The molecule has 178 valence electrons. The third-order valence-corrected chi connectivity index (χ3v) is 6.33. The van der Waals surface area contributed by atoms with E-state index in [-0.39, 0.29) is 30.3 Å². The Morgan fingerprint density at radius 3 is 2.47 bits per heavy atom. The van der Waals surface area contributed by atoms with Crippen LogP contribution in [0, 0.1) is 0 Å². The fourth-order valence-corrected chi connectivity index (χ4v) is 4.18. The number of hydrogen-bond donors (Lipinski definition) is 1. The largest absolute Gasteiger partial charge is 0.497 e. The van der Waals surface area contributed by atoms with Crippen LogP contribution < -0.4 is 10.1 Å². The third kappa shape index (κ3) is 4.55. The van der Waals surface area contributed by atoms with E-state index in [9.17, 15) is 9.59 Å². The third-order valence-electron chi connectivity index (χ3n) is 6.33. The Labute approximate surface area is 200 Å². The van der Waals surface area contributed by atoms with Gasteiger partial charge < -0.3 is 15.0 Å². The van der Waals surface area contributed by atoms with E-state index < -0.39 is 5.54 Å². The molecule has 7 heteroatoms. The minimum absolute atomic E-state index is 0.213. The fourth-order valence-electron chi connectivity index (χ4n) is 4.18. The molecule has 1 aromatic heterocycles. The number of methoxy groups -OCH3 is 1. The van der Waals surface area contributed by atoms with Gasteiger partial charge in [-0.1, -0.05) is 63.2 Å². The Morgan fingerprint density at radius 2 is 1.79 bits per heavy atom. The molecule has 1 aliphatic heterocycles. The van der Waals surface area contributed by atoms with E-state index in [1.54, 1.807) is 16.7 Å². The molecule has 2 aromatic carbocycles. The van der Waals surface area contributed by atoms with Crippen LogP contribution in [-0.2, 0) is 29.8 Å². The fraction of sp³-hybridized carbons (Fsp3) is 0.370. The minimum Gasteiger partial charge on any atom is -0.497 e. The molecule has 1 atom stereocenters. The molecule has 2 amide bonds. The lowest BCUT2D eigenvalue weighted by Gasteiger charge is -2.43. The van der Waals surface area contributed by atoms with E-state index in [0.717, 1.165) is 16.8 Å². The van der Waals surface area contributed by atoms with Crippen molar-refractivity contribution in [2.45, 2.75) is 58.3 Å². The second kappa shape index (κ2) is 8.97. The Bertz CT molecular complexity index is 1200. The van der Waals surface area contributed by atoms with Crippen LogP contribution in [0.4, 0.5) is 0 Å². The maximum absolute atomic E-state index is 13.8. The van der Waals surface area contributed by atoms with Crippen LogP contribution in [0.25, 0.3) is 0 Å². The van der Waals surface area contributed by atoms with Gasteiger partial charge in [-0.2, -0.15) is 5.10 Å². The Hall–Kier alpha value is -3.61. The van der Waals surface area contributed by atoms with Crippen molar-refractivity contribution in [1.29, 1.82) is 0 Å². The van der Waals surface area contributed by atoms with E-state index in [0.29, 0.717) is 18.0 Å². The maximum atomic E-state index is 13.8. The van der Waals surface area contributed by atoms with E-state index in [2.05, 4.69) is 26.1 Å². The molecule has 3 aromatic rings. The topological polar surface area (TPSA) is 76.5 Å². The molecule has 0 fully saturated rings. The van der Waals surface area contributed by atoms with Crippen molar-refractivity contribution in [3.8, 4) is 5.75 Å². The molecule has 0 radical (unpaired) electrons. The zero-order valence-electron chi connectivity index (χ0n) is 20.5. The van der Waals surface area contributed by atoms with Gasteiger partial charge in [0.05, 0.1) is 19.3 Å². The first-order valence-corrected chi connectivity index (χ1v) is 11.5. The van der Waals surface area contributed by atoms with Gasteiger partial charge in [0.1, 0.15) is 17.0 Å². The summed E-state index contributed by atoms with van der Waals surface area (Å²) in [4.78, 5) is 29.0. The molecule has 0 saturated heterocycles. The van der Waals surface area contributed by atoms with E-state index >= 15 is 0 Å². The number of nitrogens with zero attached hydrogens (tertiary/aromatic N) is 3. The molecule has 0 spiro atoms. The van der Waals surface area contributed by atoms with Crippen molar-refractivity contribution in [2.24, 2.45) is 0 Å². The molecule has 1 N–H and O–H groups in total. The van der Waals surface area contributed by atoms with Crippen LogP contribution >= 0.6 is 0 Å². The van der Waals surface area contributed by atoms with Crippen molar-refractivity contribution in [3.63, 3.8) is 0 Å². The number of fused-ring (bicyclic) bond motifs is 1. The summed E-state index contributed by atoms with van der Waals surface area (Å²) in [5, 5.41) is 7.74. The average Bonchev–Trinajstić information content (AvgIpc) is 3.25. The van der Waals surface area contributed by atoms with Crippen LogP contribution in [0.1, 0.15) is 55.0 Å². The summed E-state index contributed by atoms with van der Waals surface area (Å²) in [5.41, 5.74) is 1.87. The molecule has 0 bridgehead atoms. The van der Waals surface area contributed by atoms with Gasteiger partial charge in [-0.3, -0.25) is 14.3 Å². The van der Waals surface area contributed by atoms with Crippen molar-refractivity contribution in [1.82, 2.24) is 20.0 Å². The standard InChI is InChI=1S/C27H32N4O3/c1-26(2,3)23-15-22-24(32)30(17-20-12-9-13-21(14-20)34-5)27(4,18-31(22)29-23)25(33)28-16-19-10-7-6-8-11-19/h6-15H,16-18H2,1-5H3,(H,28,33)/t27-/m1/s1. The zero-order valence-corrected chi connectivity index (χ0v) is 20.5. The second-order valence-electron chi connectivity index (χ2n) is 10.0. The van der Waals surface area contributed by atoms with Crippen molar-refractivity contribution in [2.75, 3.05) is 7.11 Å². The van der Waals surface area contributed by atoms with Crippen LogP contribution in [0.2, 0.25) is 0 Å². The summed E-state index contributed by atoms with van der Waals surface area (Å²) in [5.74, 6) is 0.276. The predicted octanol–water partition coefficient (Wildman–Crippen LogP) is 3.92. The van der Waals surface area contributed by atoms with Crippen LogP contribution in [0.15, 0.2) is 60.7 Å². The molecular formula is C27H32N4O3. The first kappa shape index (κ1) is 23.5. The number of amides is 2. The highest BCUT2D eigenvalue weighted by molar-refractivity contribution is 5.99. The van der Waals surface area contributed by atoms with Crippen molar-refractivity contribution in [3.05, 3.63) is 83.2 Å². The lowest BCUT2D eigenvalue weighted by molar-refractivity contribution is -0.133. The van der Waals surface area contributed by atoms with Gasteiger partial charge in [0.25, 0.3) is 5.91 Å². The van der Waals surface area contributed by atoms with Gasteiger partial charge in [-0.25, -0.2) is 0 Å². The van der Waals surface area contributed by atoms with Crippen molar-refractivity contribution >= 4 is 11.8 Å². The number of carbonyl (C=O) groups is 2. The van der Waals surface area contributed by atoms with Gasteiger partial charge >= 0.3 is 0 Å². The molecule has 4 rings (SSSR count). The van der Waals surface area contributed by atoms with E-state index in [1.165, 1.54) is 0 Å². The molecular weight excluding hydrogens is 428 g/mol. The first-order valence-electron chi connectivity index (χ1n) is 11.5.